The van der Waals surface area contributed by atoms with Crippen molar-refractivity contribution in [3.8, 4) is 6.01 Å². The van der Waals surface area contributed by atoms with Crippen molar-refractivity contribution in [1.82, 2.24) is 9.55 Å². The predicted octanol–water partition coefficient (Wildman–Crippen LogP) is 2.38. The second-order valence-corrected chi connectivity index (χ2v) is 3.85. The Morgan fingerprint density at radius 3 is 2.92 bits per heavy atom. The van der Waals surface area contributed by atoms with Gasteiger partial charge in [0.15, 0.2) is 0 Å². The molecule has 1 aromatic heterocycles. The maximum absolute atomic E-state index is 5.14. The topological polar surface area (TPSA) is 27.1 Å². The van der Waals surface area contributed by atoms with Gasteiger partial charge in [0.2, 0.25) is 0 Å². The average Bonchev–Trinajstić information content (AvgIpc) is 2.27. The summed E-state index contributed by atoms with van der Waals surface area (Å²) in [4.78, 5) is 4.19. The number of ether oxygens (including phenoxy) is 1. The molecule has 1 heterocycles. The molecule has 0 aliphatic heterocycles. The fraction of sp³-hybridized carbons (Fsp3) is 0.625. The lowest BCUT2D eigenvalue weighted by atomic mass is 9.93. The Balaban J connectivity index is 2.27. The van der Waals surface area contributed by atoms with Crippen LogP contribution in [0.4, 0.5) is 0 Å². The van der Waals surface area contributed by atoms with E-state index in [-0.39, 0.29) is 0 Å². The van der Waals surface area contributed by atoms with Crippen molar-refractivity contribution in [1.29, 1.82) is 0 Å². The number of nitrogens with zero attached hydrogens (tertiary/aromatic N) is 2. The molecule has 0 radical (unpaired) electrons. The van der Waals surface area contributed by atoms with Crippen LogP contribution in [0.1, 0.15) is 25.3 Å². The van der Waals surface area contributed by atoms with Gasteiger partial charge in [-0.3, -0.25) is 4.57 Å². The van der Waals surface area contributed by atoms with E-state index in [9.17, 15) is 0 Å². The molecule has 12 heavy (non-hydrogen) atoms. The number of halogens is 1. The lowest BCUT2D eigenvalue weighted by Crippen LogP contribution is -2.16. The molecule has 4 heteroatoms. The van der Waals surface area contributed by atoms with Crippen LogP contribution in [-0.4, -0.2) is 16.7 Å². The van der Waals surface area contributed by atoms with E-state index in [4.69, 9.17) is 4.74 Å². The monoisotopic (exact) mass is 230 g/mol. The first-order valence-corrected chi connectivity index (χ1v) is 4.89. The molecule has 0 amide bonds. The smallest absolute Gasteiger partial charge is 0.297 e. The minimum atomic E-state index is 0.610. The van der Waals surface area contributed by atoms with Crippen LogP contribution in [-0.2, 0) is 0 Å². The molecular weight excluding hydrogens is 220 g/mol. The Morgan fingerprint density at radius 1 is 1.67 bits per heavy atom. The van der Waals surface area contributed by atoms with Gasteiger partial charge in [-0.2, -0.15) is 4.98 Å². The van der Waals surface area contributed by atoms with E-state index in [2.05, 4.69) is 25.5 Å². The lowest BCUT2D eigenvalue weighted by Gasteiger charge is -2.27. The van der Waals surface area contributed by atoms with E-state index in [0.717, 1.165) is 4.60 Å². The van der Waals surface area contributed by atoms with Crippen molar-refractivity contribution in [3.63, 3.8) is 0 Å². The second kappa shape index (κ2) is 3.09. The fourth-order valence-corrected chi connectivity index (χ4v) is 1.80. The van der Waals surface area contributed by atoms with Crippen molar-refractivity contribution < 1.29 is 4.74 Å². The summed E-state index contributed by atoms with van der Waals surface area (Å²) in [6.45, 7) is 0. The molecule has 1 aromatic rings. The standard InChI is InChI=1S/C8H11BrN2O/c1-12-8-10-7(9)5-11(8)6-3-2-4-6/h5-6H,2-4H2,1H3. The SMILES string of the molecule is COc1nc(Br)cn1C1CCC1. The Labute approximate surface area is 79.9 Å². The summed E-state index contributed by atoms with van der Waals surface area (Å²) in [5.74, 6) is 0. The van der Waals surface area contributed by atoms with Gasteiger partial charge in [0.1, 0.15) is 4.60 Å². The van der Waals surface area contributed by atoms with Crippen molar-refractivity contribution >= 4 is 15.9 Å². The Hall–Kier alpha value is -0.510. The minimum absolute atomic E-state index is 0.610. The van der Waals surface area contributed by atoms with Crippen LogP contribution in [0.15, 0.2) is 10.8 Å². The van der Waals surface area contributed by atoms with Crippen LogP contribution in [0.3, 0.4) is 0 Å². The molecule has 0 unspecified atom stereocenters. The molecule has 0 spiro atoms. The summed E-state index contributed by atoms with van der Waals surface area (Å²) in [6, 6.07) is 1.32. The fourth-order valence-electron chi connectivity index (χ4n) is 1.43. The van der Waals surface area contributed by atoms with Gasteiger partial charge in [0, 0.05) is 12.2 Å². The van der Waals surface area contributed by atoms with Crippen LogP contribution in [0.5, 0.6) is 6.01 Å². The molecule has 1 saturated carbocycles. The first-order chi connectivity index (χ1) is 5.81. The van der Waals surface area contributed by atoms with E-state index < -0.39 is 0 Å². The van der Waals surface area contributed by atoms with Crippen molar-refractivity contribution in [2.75, 3.05) is 7.11 Å². The number of methoxy groups -OCH3 is 1. The van der Waals surface area contributed by atoms with Gasteiger partial charge in [-0.1, -0.05) is 0 Å². The first-order valence-electron chi connectivity index (χ1n) is 4.09. The summed E-state index contributed by atoms with van der Waals surface area (Å²) >= 11 is 3.33. The normalized spacial score (nSPS) is 17.5. The molecule has 0 saturated heterocycles. The van der Waals surface area contributed by atoms with Gasteiger partial charge in [-0.15, -0.1) is 0 Å². The van der Waals surface area contributed by atoms with E-state index >= 15 is 0 Å². The average molecular weight is 231 g/mol. The third kappa shape index (κ3) is 1.24. The highest BCUT2D eigenvalue weighted by atomic mass is 79.9. The molecule has 66 valence electrons. The zero-order valence-electron chi connectivity index (χ0n) is 6.96. The number of hydrogen-bond donors (Lipinski definition) is 0. The van der Waals surface area contributed by atoms with Crippen LogP contribution in [0.25, 0.3) is 0 Å². The van der Waals surface area contributed by atoms with Gasteiger partial charge < -0.3 is 4.74 Å². The third-order valence-corrected chi connectivity index (χ3v) is 2.70. The number of aromatic nitrogens is 2. The highest BCUT2D eigenvalue weighted by Crippen LogP contribution is 2.35. The molecule has 3 nitrogen and oxygen atoms in total. The van der Waals surface area contributed by atoms with Gasteiger partial charge in [-0.05, 0) is 35.2 Å². The van der Waals surface area contributed by atoms with Crippen LogP contribution >= 0.6 is 15.9 Å². The highest BCUT2D eigenvalue weighted by Gasteiger charge is 2.22. The molecule has 1 fully saturated rings. The Bertz CT molecular complexity index is 281. The summed E-state index contributed by atoms with van der Waals surface area (Å²) in [6.07, 6.45) is 5.81. The predicted molar refractivity (Wildman–Crippen MR) is 49.4 cm³/mol. The molecule has 1 aliphatic carbocycles. The van der Waals surface area contributed by atoms with Crippen LogP contribution in [0, 0.1) is 0 Å². The van der Waals surface area contributed by atoms with Crippen molar-refractivity contribution in [2.45, 2.75) is 25.3 Å². The van der Waals surface area contributed by atoms with E-state index in [0.29, 0.717) is 12.1 Å². The van der Waals surface area contributed by atoms with Crippen LogP contribution < -0.4 is 4.74 Å². The van der Waals surface area contributed by atoms with Crippen molar-refractivity contribution in [2.24, 2.45) is 0 Å². The summed E-state index contributed by atoms with van der Waals surface area (Å²) in [7, 11) is 1.66. The number of rotatable bonds is 2. The zero-order chi connectivity index (χ0) is 8.55. The number of hydrogen-bond acceptors (Lipinski definition) is 2. The molecular formula is C8H11BrN2O. The largest absolute Gasteiger partial charge is 0.468 e. The number of imidazole rings is 1. The Morgan fingerprint density at radius 2 is 2.42 bits per heavy atom. The summed E-state index contributed by atoms with van der Waals surface area (Å²) in [5.41, 5.74) is 0. The van der Waals surface area contributed by atoms with Gasteiger partial charge in [0.25, 0.3) is 6.01 Å². The zero-order valence-corrected chi connectivity index (χ0v) is 8.54. The highest BCUT2D eigenvalue weighted by molar-refractivity contribution is 9.10. The quantitative estimate of drug-likeness (QED) is 0.781. The summed E-state index contributed by atoms with van der Waals surface area (Å²) < 4.78 is 8.10. The molecule has 0 bridgehead atoms. The third-order valence-electron chi connectivity index (χ3n) is 2.32. The molecule has 1 aliphatic rings. The van der Waals surface area contributed by atoms with Gasteiger partial charge in [0.05, 0.1) is 7.11 Å². The summed E-state index contributed by atoms with van der Waals surface area (Å²) in [5, 5.41) is 0. The maximum atomic E-state index is 5.14. The van der Waals surface area contributed by atoms with Gasteiger partial charge >= 0.3 is 0 Å². The second-order valence-electron chi connectivity index (χ2n) is 3.04. The van der Waals surface area contributed by atoms with Crippen molar-refractivity contribution in [3.05, 3.63) is 10.8 Å². The molecule has 0 N–H and O–H groups in total. The Kier molecular flexibility index (Phi) is 2.09. The van der Waals surface area contributed by atoms with Gasteiger partial charge in [-0.25, -0.2) is 0 Å². The van der Waals surface area contributed by atoms with E-state index in [1.54, 1.807) is 7.11 Å². The lowest BCUT2D eigenvalue weighted by molar-refractivity contribution is 0.267. The van der Waals surface area contributed by atoms with E-state index in [1.807, 2.05) is 6.20 Å². The van der Waals surface area contributed by atoms with E-state index in [1.165, 1.54) is 19.3 Å². The maximum Gasteiger partial charge on any atom is 0.297 e. The minimum Gasteiger partial charge on any atom is -0.468 e. The molecule has 0 atom stereocenters. The first kappa shape index (κ1) is 8.10. The molecule has 0 aromatic carbocycles. The molecule has 2 rings (SSSR count). The van der Waals surface area contributed by atoms with Crippen LogP contribution in [0.2, 0.25) is 0 Å².